The Kier molecular flexibility index (Phi) is 3.90. The second-order valence-electron chi connectivity index (χ2n) is 3.46. The minimum Gasteiger partial charge on any atom is -0.497 e. The first kappa shape index (κ1) is 12.5. The lowest BCUT2D eigenvalue weighted by Crippen LogP contribution is -2.35. The van der Waals surface area contributed by atoms with E-state index < -0.39 is 11.6 Å². The van der Waals surface area contributed by atoms with Gasteiger partial charge < -0.3 is 14.2 Å². The summed E-state index contributed by atoms with van der Waals surface area (Å²) in [6.45, 7) is 1.66. The summed E-state index contributed by atoms with van der Waals surface area (Å²) in [7, 11) is 4.37. The van der Waals surface area contributed by atoms with E-state index in [4.69, 9.17) is 14.2 Å². The van der Waals surface area contributed by atoms with E-state index in [9.17, 15) is 4.79 Å². The van der Waals surface area contributed by atoms with Crippen LogP contribution in [0, 0.1) is 0 Å². The van der Waals surface area contributed by atoms with Crippen molar-refractivity contribution in [3.05, 3.63) is 29.8 Å². The predicted molar refractivity (Wildman–Crippen MR) is 59.4 cm³/mol. The third kappa shape index (κ3) is 2.17. The molecule has 0 spiro atoms. The van der Waals surface area contributed by atoms with Crippen molar-refractivity contribution in [1.82, 2.24) is 0 Å². The topological polar surface area (TPSA) is 44.8 Å². The quantitative estimate of drug-likeness (QED) is 0.731. The molecule has 1 atom stereocenters. The van der Waals surface area contributed by atoms with Crippen LogP contribution in [0.1, 0.15) is 12.5 Å². The van der Waals surface area contributed by atoms with Gasteiger partial charge in [0.05, 0.1) is 14.2 Å². The van der Waals surface area contributed by atoms with E-state index in [1.807, 2.05) is 0 Å². The van der Waals surface area contributed by atoms with Crippen LogP contribution in [0.15, 0.2) is 24.3 Å². The molecule has 0 N–H and O–H groups in total. The monoisotopic (exact) mass is 224 g/mol. The van der Waals surface area contributed by atoms with Gasteiger partial charge in [0.1, 0.15) is 5.75 Å². The average Bonchev–Trinajstić information content (AvgIpc) is 2.36. The van der Waals surface area contributed by atoms with E-state index in [0.717, 1.165) is 0 Å². The molecule has 0 bridgehead atoms. The summed E-state index contributed by atoms with van der Waals surface area (Å²) in [6, 6.07) is 7.15. The Morgan fingerprint density at radius 2 is 1.94 bits per heavy atom. The predicted octanol–water partition coefficient (Wildman–Crippen LogP) is 1.73. The van der Waals surface area contributed by atoms with Crippen molar-refractivity contribution in [3.8, 4) is 5.75 Å². The number of hydrogen-bond acceptors (Lipinski definition) is 4. The lowest BCUT2D eigenvalue weighted by molar-refractivity contribution is -0.165. The molecule has 16 heavy (non-hydrogen) atoms. The zero-order valence-electron chi connectivity index (χ0n) is 9.94. The Balaban J connectivity index is 3.16. The Hall–Kier alpha value is -1.55. The molecule has 1 rings (SSSR count). The fourth-order valence-electron chi connectivity index (χ4n) is 1.43. The Bertz CT molecular complexity index is 375. The Labute approximate surface area is 95.1 Å². The van der Waals surface area contributed by atoms with Crippen molar-refractivity contribution in [3.63, 3.8) is 0 Å². The van der Waals surface area contributed by atoms with Crippen molar-refractivity contribution in [2.75, 3.05) is 21.3 Å². The first-order chi connectivity index (χ1) is 7.58. The summed E-state index contributed by atoms with van der Waals surface area (Å²) < 4.78 is 15.1. The van der Waals surface area contributed by atoms with Crippen LogP contribution in [0.3, 0.4) is 0 Å². The summed E-state index contributed by atoms with van der Waals surface area (Å²) in [5.41, 5.74) is -0.412. The number of carbonyl (C=O) groups excluding carboxylic acids is 1. The fraction of sp³-hybridized carbons (Fsp3) is 0.417. The van der Waals surface area contributed by atoms with Gasteiger partial charge in [0.15, 0.2) is 5.60 Å². The second kappa shape index (κ2) is 4.99. The molecule has 1 unspecified atom stereocenters. The number of methoxy groups -OCH3 is 3. The van der Waals surface area contributed by atoms with Crippen molar-refractivity contribution >= 4 is 5.97 Å². The van der Waals surface area contributed by atoms with Crippen LogP contribution in [0.25, 0.3) is 0 Å². The highest BCUT2D eigenvalue weighted by Crippen LogP contribution is 2.28. The lowest BCUT2D eigenvalue weighted by Gasteiger charge is -2.25. The molecule has 0 aromatic heterocycles. The molecule has 1 aromatic rings. The Morgan fingerprint density at radius 3 is 2.44 bits per heavy atom. The van der Waals surface area contributed by atoms with Gasteiger partial charge >= 0.3 is 5.97 Å². The van der Waals surface area contributed by atoms with Gasteiger partial charge in [-0.2, -0.15) is 0 Å². The number of carbonyl (C=O) groups is 1. The highest BCUT2D eigenvalue weighted by Gasteiger charge is 2.36. The first-order valence-electron chi connectivity index (χ1n) is 4.86. The van der Waals surface area contributed by atoms with Gasteiger partial charge in [0, 0.05) is 7.11 Å². The van der Waals surface area contributed by atoms with E-state index in [2.05, 4.69) is 0 Å². The molecule has 0 aliphatic heterocycles. The van der Waals surface area contributed by atoms with Gasteiger partial charge in [-0.1, -0.05) is 12.1 Å². The summed E-state index contributed by atoms with van der Waals surface area (Å²) >= 11 is 0. The summed E-state index contributed by atoms with van der Waals surface area (Å²) in [5, 5.41) is 0. The maximum Gasteiger partial charge on any atom is 0.342 e. The molecule has 88 valence electrons. The van der Waals surface area contributed by atoms with Crippen LogP contribution < -0.4 is 4.74 Å². The number of hydrogen-bond donors (Lipinski definition) is 0. The zero-order chi connectivity index (χ0) is 12.2. The van der Waals surface area contributed by atoms with Crippen LogP contribution in [0.2, 0.25) is 0 Å². The van der Waals surface area contributed by atoms with Crippen LogP contribution in [-0.2, 0) is 19.9 Å². The van der Waals surface area contributed by atoms with Crippen LogP contribution in [0.4, 0.5) is 0 Å². The lowest BCUT2D eigenvalue weighted by atomic mass is 9.95. The van der Waals surface area contributed by atoms with Crippen molar-refractivity contribution < 1.29 is 19.0 Å². The molecule has 4 heteroatoms. The molecule has 0 aliphatic carbocycles. The molecule has 0 fully saturated rings. The standard InChI is InChI=1S/C12H16O4/c1-12(16-4,11(13)15-3)9-6-5-7-10(8-9)14-2/h5-8H,1-4H3. The number of rotatable bonds is 4. The molecule has 0 amide bonds. The zero-order valence-corrected chi connectivity index (χ0v) is 9.94. The van der Waals surface area contributed by atoms with E-state index >= 15 is 0 Å². The van der Waals surface area contributed by atoms with Gasteiger partial charge in [-0.25, -0.2) is 4.79 Å². The van der Waals surface area contributed by atoms with E-state index in [1.165, 1.54) is 14.2 Å². The normalized spacial score (nSPS) is 14.0. The number of benzene rings is 1. The highest BCUT2D eigenvalue weighted by atomic mass is 16.6. The highest BCUT2D eigenvalue weighted by molar-refractivity contribution is 5.81. The van der Waals surface area contributed by atoms with E-state index in [0.29, 0.717) is 11.3 Å². The van der Waals surface area contributed by atoms with Gasteiger partial charge in [-0.15, -0.1) is 0 Å². The summed E-state index contributed by atoms with van der Waals surface area (Å²) in [6.07, 6.45) is 0. The Morgan fingerprint density at radius 1 is 1.25 bits per heavy atom. The molecule has 0 saturated carbocycles. The van der Waals surface area contributed by atoms with Gasteiger partial charge in [-0.05, 0) is 24.6 Å². The van der Waals surface area contributed by atoms with Crippen LogP contribution in [0.5, 0.6) is 5.75 Å². The van der Waals surface area contributed by atoms with Crippen molar-refractivity contribution in [2.24, 2.45) is 0 Å². The maximum atomic E-state index is 11.7. The van der Waals surface area contributed by atoms with Gasteiger partial charge in [0.25, 0.3) is 0 Å². The summed E-state index contributed by atoms with van der Waals surface area (Å²) in [4.78, 5) is 11.7. The van der Waals surface area contributed by atoms with Crippen molar-refractivity contribution in [1.29, 1.82) is 0 Å². The molecule has 1 aromatic carbocycles. The average molecular weight is 224 g/mol. The molecule has 4 nitrogen and oxygen atoms in total. The minimum atomic E-state index is -1.11. The van der Waals surface area contributed by atoms with E-state index in [1.54, 1.807) is 38.3 Å². The second-order valence-corrected chi connectivity index (χ2v) is 3.46. The fourth-order valence-corrected chi connectivity index (χ4v) is 1.43. The van der Waals surface area contributed by atoms with Crippen molar-refractivity contribution in [2.45, 2.75) is 12.5 Å². The smallest absolute Gasteiger partial charge is 0.342 e. The molecule has 0 aliphatic rings. The van der Waals surface area contributed by atoms with Gasteiger partial charge in [-0.3, -0.25) is 0 Å². The van der Waals surface area contributed by atoms with E-state index in [-0.39, 0.29) is 0 Å². The molecule has 0 saturated heterocycles. The van der Waals surface area contributed by atoms with Gasteiger partial charge in [0.2, 0.25) is 0 Å². The maximum absolute atomic E-state index is 11.7. The third-order valence-electron chi connectivity index (χ3n) is 2.60. The van der Waals surface area contributed by atoms with Crippen LogP contribution >= 0.6 is 0 Å². The number of esters is 1. The molecular weight excluding hydrogens is 208 g/mol. The largest absolute Gasteiger partial charge is 0.497 e. The first-order valence-corrected chi connectivity index (χ1v) is 4.86. The van der Waals surface area contributed by atoms with Crippen LogP contribution in [-0.4, -0.2) is 27.3 Å². The number of ether oxygens (including phenoxy) is 3. The minimum absolute atomic E-state index is 0.441. The molecular formula is C12H16O4. The molecule has 0 heterocycles. The summed E-state index contributed by atoms with van der Waals surface area (Å²) in [5.74, 6) is 0.230. The third-order valence-corrected chi connectivity index (χ3v) is 2.60. The molecule has 0 radical (unpaired) electrons. The SMILES string of the molecule is COC(=O)C(C)(OC)c1cccc(OC)c1.